The van der Waals surface area contributed by atoms with E-state index >= 15 is 0 Å². The fraction of sp³-hybridized carbons (Fsp3) is 0.333. The highest BCUT2D eigenvalue weighted by atomic mass is 32.1. The van der Waals surface area contributed by atoms with Gasteiger partial charge in [0.05, 0.1) is 0 Å². The number of fused-ring (bicyclic) bond motifs is 1. The third-order valence-corrected chi connectivity index (χ3v) is 5.86. The van der Waals surface area contributed by atoms with Gasteiger partial charge in [0.15, 0.2) is 0 Å². The SMILES string of the molecule is O=C(NCC1CCCN(Cc2cccs2)C1)c1nccc2ccccc12. The quantitative estimate of drug-likeness (QED) is 0.745. The molecule has 1 fully saturated rings. The molecule has 1 aliphatic rings. The van der Waals surface area contributed by atoms with Crippen molar-refractivity contribution in [3.8, 4) is 0 Å². The van der Waals surface area contributed by atoms with E-state index in [1.165, 1.54) is 17.7 Å². The van der Waals surface area contributed by atoms with E-state index in [0.717, 1.165) is 30.4 Å². The molecule has 1 atom stereocenters. The summed E-state index contributed by atoms with van der Waals surface area (Å²) in [5, 5.41) is 7.21. The summed E-state index contributed by atoms with van der Waals surface area (Å²) in [6.07, 6.45) is 4.07. The molecular weight excluding hydrogens is 342 g/mol. The predicted octanol–water partition coefficient (Wildman–Crippen LogP) is 3.94. The van der Waals surface area contributed by atoms with Gasteiger partial charge in [0.25, 0.3) is 5.91 Å². The number of aromatic nitrogens is 1. The zero-order valence-electron chi connectivity index (χ0n) is 14.7. The van der Waals surface area contributed by atoms with Gasteiger partial charge >= 0.3 is 0 Å². The van der Waals surface area contributed by atoms with E-state index in [1.54, 1.807) is 6.20 Å². The molecular formula is C21H23N3OS. The molecule has 134 valence electrons. The van der Waals surface area contributed by atoms with Crippen LogP contribution in [0.5, 0.6) is 0 Å². The standard InChI is InChI=1S/C21H23N3OS/c25-21(20-19-8-2-1-6-17(19)9-10-22-20)23-13-16-5-3-11-24(14-16)15-18-7-4-12-26-18/h1-2,4,6-10,12,16H,3,5,11,13-15H2,(H,23,25). The second-order valence-corrected chi connectivity index (χ2v) is 7.95. The van der Waals surface area contributed by atoms with Crippen molar-refractivity contribution in [2.45, 2.75) is 19.4 Å². The molecule has 1 saturated heterocycles. The third kappa shape index (κ3) is 3.94. The largest absolute Gasteiger partial charge is 0.350 e. The molecule has 1 aromatic carbocycles. The van der Waals surface area contributed by atoms with E-state index in [9.17, 15) is 4.79 Å². The second-order valence-electron chi connectivity index (χ2n) is 6.91. The number of rotatable bonds is 5. The minimum Gasteiger partial charge on any atom is -0.350 e. The van der Waals surface area contributed by atoms with Gasteiger partial charge in [0.2, 0.25) is 0 Å². The maximum absolute atomic E-state index is 12.7. The van der Waals surface area contributed by atoms with Crippen LogP contribution in [0, 0.1) is 5.92 Å². The molecule has 26 heavy (non-hydrogen) atoms. The van der Waals surface area contributed by atoms with Crippen LogP contribution in [0.2, 0.25) is 0 Å². The zero-order valence-corrected chi connectivity index (χ0v) is 15.5. The Labute approximate surface area is 157 Å². The van der Waals surface area contributed by atoms with Crippen molar-refractivity contribution in [3.05, 3.63) is 64.6 Å². The fourth-order valence-electron chi connectivity index (χ4n) is 3.71. The summed E-state index contributed by atoms with van der Waals surface area (Å²) in [6, 6.07) is 14.1. The molecule has 2 aromatic heterocycles. The molecule has 4 nitrogen and oxygen atoms in total. The molecule has 1 unspecified atom stereocenters. The van der Waals surface area contributed by atoms with E-state index in [1.807, 2.05) is 41.7 Å². The Kier molecular flexibility index (Phi) is 5.27. The Morgan fingerprint density at radius 1 is 1.23 bits per heavy atom. The molecule has 0 aliphatic carbocycles. The Morgan fingerprint density at radius 2 is 2.15 bits per heavy atom. The number of nitrogens with one attached hydrogen (secondary N) is 1. The molecule has 4 rings (SSSR count). The monoisotopic (exact) mass is 365 g/mol. The van der Waals surface area contributed by atoms with Crippen molar-refractivity contribution < 1.29 is 4.79 Å². The summed E-state index contributed by atoms with van der Waals surface area (Å²) < 4.78 is 0. The van der Waals surface area contributed by atoms with Crippen molar-refractivity contribution in [1.29, 1.82) is 0 Å². The Hall–Kier alpha value is -2.24. The molecule has 0 spiro atoms. The highest BCUT2D eigenvalue weighted by Crippen LogP contribution is 2.20. The van der Waals surface area contributed by atoms with Crippen LogP contribution in [0.1, 0.15) is 28.2 Å². The number of hydrogen-bond donors (Lipinski definition) is 1. The van der Waals surface area contributed by atoms with Crippen LogP contribution in [0.15, 0.2) is 54.0 Å². The Morgan fingerprint density at radius 3 is 3.04 bits per heavy atom. The van der Waals surface area contributed by atoms with Crippen molar-refractivity contribution >= 4 is 28.0 Å². The number of carbonyl (C=O) groups excluding carboxylic acids is 1. The molecule has 1 aliphatic heterocycles. The van der Waals surface area contributed by atoms with Crippen LogP contribution < -0.4 is 5.32 Å². The van der Waals surface area contributed by atoms with Gasteiger partial charge in [0.1, 0.15) is 5.69 Å². The molecule has 3 heterocycles. The lowest BCUT2D eigenvalue weighted by atomic mass is 9.98. The first-order valence-corrected chi connectivity index (χ1v) is 10.0. The molecule has 0 saturated carbocycles. The van der Waals surface area contributed by atoms with Crippen LogP contribution in [-0.2, 0) is 6.54 Å². The third-order valence-electron chi connectivity index (χ3n) is 5.00. The van der Waals surface area contributed by atoms with Gasteiger partial charge in [-0.25, -0.2) is 0 Å². The van der Waals surface area contributed by atoms with Gasteiger partial charge in [-0.15, -0.1) is 11.3 Å². The number of pyridine rings is 1. The average Bonchev–Trinajstić information content (AvgIpc) is 3.19. The van der Waals surface area contributed by atoms with E-state index in [2.05, 4.69) is 32.7 Å². The van der Waals surface area contributed by atoms with Crippen molar-refractivity contribution in [2.75, 3.05) is 19.6 Å². The number of piperidine rings is 1. The summed E-state index contributed by atoms with van der Waals surface area (Å²) >= 11 is 1.81. The number of hydrogen-bond acceptors (Lipinski definition) is 4. The Bertz CT molecular complexity index is 873. The minimum atomic E-state index is -0.0721. The summed E-state index contributed by atoms with van der Waals surface area (Å²) in [5.41, 5.74) is 0.523. The van der Waals surface area contributed by atoms with Crippen LogP contribution >= 0.6 is 11.3 Å². The second kappa shape index (κ2) is 7.98. The van der Waals surface area contributed by atoms with E-state index < -0.39 is 0 Å². The lowest BCUT2D eigenvalue weighted by Crippen LogP contribution is -2.40. The molecule has 0 bridgehead atoms. The van der Waals surface area contributed by atoms with E-state index in [0.29, 0.717) is 18.2 Å². The predicted molar refractivity (Wildman–Crippen MR) is 106 cm³/mol. The number of amides is 1. The topological polar surface area (TPSA) is 45.2 Å². The van der Waals surface area contributed by atoms with Crippen molar-refractivity contribution in [1.82, 2.24) is 15.2 Å². The van der Waals surface area contributed by atoms with E-state index in [4.69, 9.17) is 0 Å². The van der Waals surface area contributed by atoms with Crippen molar-refractivity contribution in [3.63, 3.8) is 0 Å². The van der Waals surface area contributed by atoms with Gasteiger partial charge in [-0.3, -0.25) is 14.7 Å². The number of thiophene rings is 1. The van der Waals surface area contributed by atoms with Crippen LogP contribution in [0.3, 0.4) is 0 Å². The van der Waals surface area contributed by atoms with E-state index in [-0.39, 0.29) is 5.91 Å². The van der Waals surface area contributed by atoms with Gasteiger partial charge in [-0.1, -0.05) is 30.3 Å². The van der Waals surface area contributed by atoms with Gasteiger partial charge in [0, 0.05) is 36.1 Å². The molecule has 1 amide bonds. The zero-order chi connectivity index (χ0) is 17.8. The first kappa shape index (κ1) is 17.2. The van der Waals surface area contributed by atoms with Crippen LogP contribution in [-0.4, -0.2) is 35.4 Å². The molecule has 5 heteroatoms. The first-order valence-electron chi connectivity index (χ1n) is 9.16. The van der Waals surface area contributed by atoms with Crippen LogP contribution in [0.4, 0.5) is 0 Å². The normalized spacial score (nSPS) is 18.1. The van der Waals surface area contributed by atoms with Gasteiger partial charge < -0.3 is 5.32 Å². The minimum absolute atomic E-state index is 0.0721. The summed E-state index contributed by atoms with van der Waals surface area (Å²) in [4.78, 5) is 20.9. The number of nitrogens with zero attached hydrogens (tertiary/aromatic N) is 2. The lowest BCUT2D eigenvalue weighted by Gasteiger charge is -2.32. The smallest absolute Gasteiger partial charge is 0.270 e. The summed E-state index contributed by atoms with van der Waals surface area (Å²) in [6.45, 7) is 3.92. The fourth-order valence-corrected chi connectivity index (χ4v) is 4.45. The molecule has 0 radical (unpaired) electrons. The lowest BCUT2D eigenvalue weighted by molar-refractivity contribution is 0.0928. The maximum Gasteiger partial charge on any atom is 0.270 e. The number of likely N-dealkylation sites (tertiary alicyclic amines) is 1. The average molecular weight is 366 g/mol. The first-order chi connectivity index (χ1) is 12.8. The summed E-state index contributed by atoms with van der Waals surface area (Å²) in [5.74, 6) is 0.430. The van der Waals surface area contributed by atoms with Gasteiger partial charge in [-0.05, 0) is 48.2 Å². The Balaban J connectivity index is 1.36. The highest BCUT2D eigenvalue weighted by molar-refractivity contribution is 7.09. The number of carbonyl (C=O) groups is 1. The molecule has 3 aromatic rings. The van der Waals surface area contributed by atoms with Crippen molar-refractivity contribution in [2.24, 2.45) is 5.92 Å². The molecule has 1 N–H and O–H groups in total. The highest BCUT2D eigenvalue weighted by Gasteiger charge is 2.21. The van der Waals surface area contributed by atoms with Crippen LogP contribution in [0.25, 0.3) is 10.8 Å². The maximum atomic E-state index is 12.7. The number of benzene rings is 1. The van der Waals surface area contributed by atoms with Gasteiger partial charge in [-0.2, -0.15) is 0 Å². The summed E-state index contributed by atoms with van der Waals surface area (Å²) in [7, 11) is 0.